The van der Waals surface area contributed by atoms with Crippen molar-refractivity contribution in [3.8, 4) is 0 Å². The maximum atomic E-state index is 10.1. The number of allylic oxidation sites excluding steroid dienone is 1. The van der Waals surface area contributed by atoms with Crippen molar-refractivity contribution < 1.29 is 9.90 Å². The molecule has 1 aliphatic rings. The van der Waals surface area contributed by atoms with E-state index >= 15 is 0 Å². The van der Waals surface area contributed by atoms with Gasteiger partial charge in [-0.05, 0) is 50.8 Å². The fourth-order valence-electron chi connectivity index (χ4n) is 3.11. The van der Waals surface area contributed by atoms with E-state index in [1.165, 1.54) is 56.7 Å². The summed E-state index contributed by atoms with van der Waals surface area (Å²) >= 11 is 0. The van der Waals surface area contributed by atoms with Gasteiger partial charge in [-0.15, -0.1) is 0 Å². The van der Waals surface area contributed by atoms with Crippen LogP contribution in [-0.2, 0) is 4.79 Å². The van der Waals surface area contributed by atoms with Crippen molar-refractivity contribution >= 4 is 17.6 Å². The van der Waals surface area contributed by atoms with Gasteiger partial charge in [0.1, 0.15) is 0 Å². The molecule has 0 aliphatic heterocycles. The molecule has 0 bridgehead atoms. The zero-order valence-corrected chi connectivity index (χ0v) is 18.3. The molecule has 0 unspecified atom stereocenters. The number of aromatic nitrogens is 2. The van der Waals surface area contributed by atoms with Gasteiger partial charge in [-0.1, -0.05) is 63.3 Å². The van der Waals surface area contributed by atoms with Crippen LogP contribution in [-0.4, -0.2) is 21.0 Å². The predicted octanol–water partition coefficient (Wildman–Crippen LogP) is 6.78. The number of benzene rings is 1. The minimum absolute atomic E-state index is 0.660. The van der Waals surface area contributed by atoms with Crippen LogP contribution in [0.25, 0.3) is 0 Å². The maximum Gasteiger partial charge on any atom is 0.327 e. The first-order chi connectivity index (χ1) is 14.6. The summed E-state index contributed by atoms with van der Waals surface area (Å²) in [5, 5.41) is 11.5. The van der Waals surface area contributed by atoms with Crippen LogP contribution in [0.15, 0.2) is 48.6 Å². The molecule has 1 saturated carbocycles. The number of nitrogens with one attached hydrogen (secondary N) is 1. The number of anilines is 2. The third-order valence-electron chi connectivity index (χ3n) is 4.88. The van der Waals surface area contributed by atoms with E-state index in [0.29, 0.717) is 11.9 Å². The van der Waals surface area contributed by atoms with Gasteiger partial charge in [0.15, 0.2) is 0 Å². The Labute approximate surface area is 180 Å². The molecule has 0 amide bonds. The number of carboxylic acids is 1. The number of rotatable bonds is 11. The Morgan fingerprint density at radius 3 is 2.47 bits per heavy atom. The molecule has 5 heteroatoms. The number of unbranched alkanes of at least 4 members (excludes halogenated alkanes) is 6. The first-order valence-corrected chi connectivity index (χ1v) is 11.2. The van der Waals surface area contributed by atoms with E-state index in [2.05, 4.69) is 28.3 Å². The van der Waals surface area contributed by atoms with E-state index < -0.39 is 5.97 Å². The normalized spacial score (nSPS) is 13.0. The molecular formula is C25H35N3O2. The smallest absolute Gasteiger partial charge is 0.327 e. The second-order valence-electron chi connectivity index (χ2n) is 7.82. The van der Waals surface area contributed by atoms with Crippen LogP contribution in [0.2, 0.25) is 0 Å². The number of aliphatic carboxylic acids is 1. The number of carboxylic acid groups (broad SMARTS) is 1. The molecule has 1 fully saturated rings. The lowest BCUT2D eigenvalue weighted by molar-refractivity contribution is -0.131. The lowest BCUT2D eigenvalue weighted by Crippen LogP contribution is -2.01. The highest BCUT2D eigenvalue weighted by molar-refractivity contribution is 5.79. The molecule has 1 aromatic carbocycles. The number of aryl methyl sites for hydroxylation is 1. The summed E-state index contributed by atoms with van der Waals surface area (Å²) < 4.78 is 0. The highest BCUT2D eigenvalue weighted by Crippen LogP contribution is 2.39. The topological polar surface area (TPSA) is 75.1 Å². The van der Waals surface area contributed by atoms with Crippen molar-refractivity contribution in [2.75, 3.05) is 5.32 Å². The Morgan fingerprint density at radius 1 is 1.10 bits per heavy atom. The van der Waals surface area contributed by atoms with Gasteiger partial charge in [0, 0.05) is 29.1 Å². The minimum atomic E-state index is -0.842. The standard InChI is InChI=1S/C14H15N3.C11H20O2/c1-10-9-13(11-7-8-11)17-14(15-10)16-12-5-3-2-4-6-12;1-2-3-4-5-6-7-8-9-10-11(12)13/h2-6,9,11H,7-8H2,1H3,(H,15,16,17);9-10H,2-8H2,1H3,(H,12,13)/b;10-9+. The molecule has 1 aliphatic carbocycles. The van der Waals surface area contributed by atoms with Gasteiger partial charge in [-0.3, -0.25) is 0 Å². The first-order valence-electron chi connectivity index (χ1n) is 11.2. The number of para-hydroxylation sites is 1. The molecule has 1 heterocycles. The summed E-state index contributed by atoms with van der Waals surface area (Å²) in [7, 11) is 0. The molecule has 1 aromatic heterocycles. The minimum Gasteiger partial charge on any atom is -0.478 e. The van der Waals surface area contributed by atoms with Crippen LogP contribution in [0.4, 0.5) is 11.6 Å². The quantitative estimate of drug-likeness (QED) is 0.316. The summed E-state index contributed by atoms with van der Waals surface area (Å²) in [5.41, 5.74) is 3.23. The van der Waals surface area contributed by atoms with Crippen LogP contribution < -0.4 is 5.32 Å². The van der Waals surface area contributed by atoms with Gasteiger partial charge in [-0.25, -0.2) is 14.8 Å². The lowest BCUT2D eigenvalue weighted by atomic mass is 10.1. The van der Waals surface area contributed by atoms with Crippen molar-refractivity contribution in [1.82, 2.24) is 9.97 Å². The van der Waals surface area contributed by atoms with Crippen LogP contribution in [0, 0.1) is 6.92 Å². The molecule has 0 spiro atoms. The molecule has 0 radical (unpaired) electrons. The summed E-state index contributed by atoms with van der Waals surface area (Å²) in [6, 6.07) is 12.1. The van der Waals surface area contributed by atoms with Crippen molar-refractivity contribution in [2.24, 2.45) is 0 Å². The Balaban J connectivity index is 0.000000224. The molecule has 162 valence electrons. The van der Waals surface area contributed by atoms with Crippen LogP contribution >= 0.6 is 0 Å². The first kappa shape index (κ1) is 23.6. The largest absolute Gasteiger partial charge is 0.478 e. The maximum absolute atomic E-state index is 10.1. The SMILES string of the molecule is CCCCCCCC/C=C/C(=O)O.Cc1cc(C2CC2)nc(Nc2ccccc2)n1. The van der Waals surface area contributed by atoms with Gasteiger partial charge >= 0.3 is 5.97 Å². The zero-order valence-electron chi connectivity index (χ0n) is 18.3. The molecule has 0 atom stereocenters. The van der Waals surface area contributed by atoms with Gasteiger partial charge in [0.25, 0.3) is 0 Å². The van der Waals surface area contributed by atoms with Crippen LogP contribution in [0.1, 0.15) is 82.0 Å². The van der Waals surface area contributed by atoms with E-state index in [4.69, 9.17) is 5.11 Å². The number of carbonyl (C=O) groups is 1. The highest BCUT2D eigenvalue weighted by atomic mass is 16.4. The van der Waals surface area contributed by atoms with Crippen molar-refractivity contribution in [2.45, 2.75) is 77.6 Å². The fourth-order valence-corrected chi connectivity index (χ4v) is 3.11. The molecule has 2 N–H and O–H groups in total. The summed E-state index contributed by atoms with van der Waals surface area (Å²) in [5.74, 6) is 0.525. The van der Waals surface area contributed by atoms with E-state index in [-0.39, 0.29) is 0 Å². The highest BCUT2D eigenvalue weighted by Gasteiger charge is 2.25. The Bertz CT molecular complexity index is 786. The summed E-state index contributed by atoms with van der Waals surface area (Å²) in [6.07, 6.45) is 13.9. The summed E-state index contributed by atoms with van der Waals surface area (Å²) in [6.45, 7) is 4.22. The average Bonchev–Trinajstić information content (AvgIpc) is 3.56. The van der Waals surface area contributed by atoms with Crippen LogP contribution in [0.3, 0.4) is 0 Å². The molecule has 3 rings (SSSR count). The van der Waals surface area contributed by atoms with E-state index in [0.717, 1.165) is 24.2 Å². The molecule has 2 aromatic rings. The van der Waals surface area contributed by atoms with E-state index in [9.17, 15) is 4.79 Å². The third kappa shape index (κ3) is 10.2. The zero-order chi connectivity index (χ0) is 21.6. The average molecular weight is 410 g/mol. The van der Waals surface area contributed by atoms with Crippen molar-refractivity contribution in [1.29, 1.82) is 0 Å². The third-order valence-corrected chi connectivity index (χ3v) is 4.88. The number of hydrogen-bond acceptors (Lipinski definition) is 4. The Kier molecular flexibility index (Phi) is 10.6. The van der Waals surface area contributed by atoms with Gasteiger partial charge in [-0.2, -0.15) is 0 Å². The van der Waals surface area contributed by atoms with Gasteiger partial charge in [0.05, 0.1) is 0 Å². The number of nitrogens with zero attached hydrogens (tertiary/aromatic N) is 2. The van der Waals surface area contributed by atoms with Gasteiger partial charge in [0.2, 0.25) is 5.95 Å². The fraction of sp³-hybridized carbons (Fsp3) is 0.480. The van der Waals surface area contributed by atoms with Gasteiger partial charge < -0.3 is 10.4 Å². The second kappa shape index (κ2) is 13.5. The monoisotopic (exact) mass is 409 g/mol. The molecular weight excluding hydrogens is 374 g/mol. The van der Waals surface area contributed by atoms with E-state index in [1.54, 1.807) is 6.08 Å². The summed E-state index contributed by atoms with van der Waals surface area (Å²) in [4.78, 5) is 19.1. The molecule has 5 nitrogen and oxygen atoms in total. The Hall–Kier alpha value is -2.69. The number of hydrogen-bond donors (Lipinski definition) is 2. The molecule has 0 saturated heterocycles. The second-order valence-corrected chi connectivity index (χ2v) is 7.82. The van der Waals surface area contributed by atoms with E-state index in [1.807, 2.05) is 37.3 Å². The van der Waals surface area contributed by atoms with Crippen molar-refractivity contribution in [3.63, 3.8) is 0 Å². The van der Waals surface area contributed by atoms with Crippen molar-refractivity contribution in [3.05, 3.63) is 59.9 Å². The van der Waals surface area contributed by atoms with Crippen LogP contribution in [0.5, 0.6) is 0 Å². The predicted molar refractivity (Wildman–Crippen MR) is 123 cm³/mol. The lowest BCUT2D eigenvalue weighted by Gasteiger charge is -2.07. The molecule has 30 heavy (non-hydrogen) atoms. The Morgan fingerprint density at radius 2 is 1.80 bits per heavy atom.